The fourth-order valence-electron chi connectivity index (χ4n) is 2.25. The number of hydrogen-bond acceptors (Lipinski definition) is 4. The van der Waals surface area contributed by atoms with Gasteiger partial charge in [-0.25, -0.2) is 4.79 Å². The van der Waals surface area contributed by atoms with E-state index in [2.05, 4.69) is 0 Å². The Kier molecular flexibility index (Phi) is 4.55. The number of hydrogen-bond donors (Lipinski definition) is 0. The summed E-state index contributed by atoms with van der Waals surface area (Å²) in [6, 6.07) is 6.89. The van der Waals surface area contributed by atoms with Crippen molar-refractivity contribution in [1.29, 1.82) is 0 Å². The molecule has 1 aromatic rings. The number of benzene rings is 1. The highest BCUT2D eigenvalue weighted by atomic mass is 16.6. The summed E-state index contributed by atoms with van der Waals surface area (Å²) in [5.41, 5.74) is 0.483. The molecule has 0 bridgehead atoms. The Morgan fingerprint density at radius 3 is 2.58 bits per heavy atom. The van der Waals surface area contributed by atoms with E-state index in [0.717, 1.165) is 25.7 Å². The van der Waals surface area contributed by atoms with Crippen molar-refractivity contribution in [1.82, 2.24) is 0 Å². The number of Topliss-reactive ketones (excluding diaryl/α,β-unsaturated/α-hetero) is 1. The van der Waals surface area contributed by atoms with Gasteiger partial charge < -0.3 is 9.47 Å². The molecule has 0 radical (unpaired) electrons. The Balaban J connectivity index is 1.87. The minimum absolute atomic E-state index is 0.0409. The number of para-hydroxylation sites is 1. The summed E-state index contributed by atoms with van der Waals surface area (Å²) in [7, 11) is 0. The van der Waals surface area contributed by atoms with Gasteiger partial charge in [-0.3, -0.25) is 4.79 Å². The lowest BCUT2D eigenvalue weighted by Gasteiger charge is -2.13. The van der Waals surface area contributed by atoms with Crippen LogP contribution in [-0.4, -0.2) is 24.5 Å². The minimum atomic E-state index is -0.370. The lowest BCUT2D eigenvalue weighted by molar-refractivity contribution is -0.151. The molecule has 4 heteroatoms. The molecule has 1 aromatic carbocycles. The van der Waals surface area contributed by atoms with Crippen LogP contribution in [0.25, 0.3) is 0 Å². The first-order valence-corrected chi connectivity index (χ1v) is 6.59. The van der Waals surface area contributed by atoms with E-state index in [1.165, 1.54) is 6.92 Å². The number of carbonyl (C=O) groups is 2. The summed E-state index contributed by atoms with van der Waals surface area (Å²) in [5.74, 6) is -0.0246. The van der Waals surface area contributed by atoms with Crippen molar-refractivity contribution in [3.05, 3.63) is 29.8 Å². The fourth-order valence-corrected chi connectivity index (χ4v) is 2.25. The van der Waals surface area contributed by atoms with Crippen LogP contribution in [0.15, 0.2) is 24.3 Å². The predicted octanol–water partition coefficient (Wildman–Crippen LogP) is 2.75. The van der Waals surface area contributed by atoms with E-state index in [9.17, 15) is 9.59 Å². The lowest BCUT2D eigenvalue weighted by Crippen LogP contribution is -2.21. The molecule has 0 spiro atoms. The maximum absolute atomic E-state index is 11.6. The molecule has 4 nitrogen and oxygen atoms in total. The van der Waals surface area contributed by atoms with Crippen molar-refractivity contribution < 1.29 is 19.1 Å². The van der Waals surface area contributed by atoms with Gasteiger partial charge in [0, 0.05) is 0 Å². The average molecular weight is 262 g/mol. The van der Waals surface area contributed by atoms with Crippen molar-refractivity contribution >= 4 is 11.8 Å². The number of rotatable bonds is 5. The third-order valence-corrected chi connectivity index (χ3v) is 3.21. The maximum Gasteiger partial charge on any atom is 0.344 e. The third-order valence-electron chi connectivity index (χ3n) is 3.21. The summed E-state index contributed by atoms with van der Waals surface area (Å²) in [5, 5.41) is 0. The Morgan fingerprint density at radius 2 is 1.89 bits per heavy atom. The van der Waals surface area contributed by atoms with Gasteiger partial charge in [-0.05, 0) is 44.7 Å². The summed E-state index contributed by atoms with van der Waals surface area (Å²) in [6.45, 7) is 1.32. The zero-order valence-electron chi connectivity index (χ0n) is 11.1. The molecule has 0 aromatic heterocycles. The molecule has 102 valence electrons. The van der Waals surface area contributed by atoms with Gasteiger partial charge in [0.05, 0.1) is 5.56 Å². The van der Waals surface area contributed by atoms with Gasteiger partial charge in [0.15, 0.2) is 12.4 Å². The summed E-state index contributed by atoms with van der Waals surface area (Å²) in [6.07, 6.45) is 4.16. The molecule has 0 N–H and O–H groups in total. The molecule has 0 amide bonds. The van der Waals surface area contributed by atoms with Crippen LogP contribution >= 0.6 is 0 Å². The maximum atomic E-state index is 11.6. The molecule has 2 rings (SSSR count). The molecule has 0 heterocycles. The largest absolute Gasteiger partial charge is 0.481 e. The molecular formula is C15H18O4. The van der Waals surface area contributed by atoms with E-state index < -0.39 is 0 Å². The van der Waals surface area contributed by atoms with E-state index in [-0.39, 0.29) is 24.5 Å². The van der Waals surface area contributed by atoms with Gasteiger partial charge in [0.2, 0.25) is 0 Å². The summed E-state index contributed by atoms with van der Waals surface area (Å²) >= 11 is 0. The average Bonchev–Trinajstić information content (AvgIpc) is 2.89. The van der Waals surface area contributed by atoms with Gasteiger partial charge in [0.1, 0.15) is 11.9 Å². The minimum Gasteiger partial charge on any atom is -0.481 e. The highest BCUT2D eigenvalue weighted by molar-refractivity contribution is 5.96. The van der Waals surface area contributed by atoms with Crippen molar-refractivity contribution in [2.24, 2.45) is 0 Å². The summed E-state index contributed by atoms with van der Waals surface area (Å²) < 4.78 is 10.7. The molecular weight excluding hydrogens is 244 g/mol. The standard InChI is InChI=1S/C15H18O4/c1-11(16)13-8-4-5-9-14(13)18-10-15(17)19-12-6-2-3-7-12/h4-5,8-9,12H,2-3,6-7,10H2,1H3. The van der Waals surface area contributed by atoms with Crippen LogP contribution in [0.3, 0.4) is 0 Å². The monoisotopic (exact) mass is 262 g/mol. The fraction of sp³-hybridized carbons (Fsp3) is 0.467. The number of ether oxygens (including phenoxy) is 2. The first-order chi connectivity index (χ1) is 9.16. The SMILES string of the molecule is CC(=O)c1ccccc1OCC(=O)OC1CCCC1. The zero-order chi connectivity index (χ0) is 13.7. The molecule has 0 unspecified atom stereocenters. The molecule has 1 saturated carbocycles. The van der Waals surface area contributed by atoms with Crippen LogP contribution in [0.5, 0.6) is 5.75 Å². The van der Waals surface area contributed by atoms with Crippen molar-refractivity contribution in [3.8, 4) is 5.75 Å². The third kappa shape index (κ3) is 3.81. The number of esters is 1. The molecule has 0 saturated heterocycles. The highest BCUT2D eigenvalue weighted by Gasteiger charge is 2.19. The Hall–Kier alpha value is -1.84. The number of carbonyl (C=O) groups excluding carboxylic acids is 2. The first kappa shape index (κ1) is 13.6. The van der Waals surface area contributed by atoms with Gasteiger partial charge in [0.25, 0.3) is 0 Å². The first-order valence-electron chi connectivity index (χ1n) is 6.59. The topological polar surface area (TPSA) is 52.6 Å². The van der Waals surface area contributed by atoms with Crippen LogP contribution in [0, 0.1) is 0 Å². The smallest absolute Gasteiger partial charge is 0.344 e. The van der Waals surface area contributed by atoms with Crippen molar-refractivity contribution in [2.45, 2.75) is 38.7 Å². The highest BCUT2D eigenvalue weighted by Crippen LogP contribution is 2.22. The Labute approximate surface area is 112 Å². The van der Waals surface area contributed by atoms with E-state index >= 15 is 0 Å². The van der Waals surface area contributed by atoms with Gasteiger partial charge in [-0.1, -0.05) is 12.1 Å². The molecule has 1 fully saturated rings. The normalized spacial score (nSPS) is 15.2. The van der Waals surface area contributed by atoms with Crippen LogP contribution in [0.4, 0.5) is 0 Å². The van der Waals surface area contributed by atoms with Crippen LogP contribution in [0.2, 0.25) is 0 Å². The van der Waals surface area contributed by atoms with E-state index in [0.29, 0.717) is 11.3 Å². The zero-order valence-corrected chi connectivity index (χ0v) is 11.1. The quantitative estimate of drug-likeness (QED) is 0.605. The molecule has 0 aliphatic heterocycles. The van der Waals surface area contributed by atoms with Crippen LogP contribution in [-0.2, 0) is 9.53 Å². The number of ketones is 1. The second-order valence-corrected chi connectivity index (χ2v) is 4.74. The van der Waals surface area contributed by atoms with Gasteiger partial charge in [-0.15, -0.1) is 0 Å². The molecule has 19 heavy (non-hydrogen) atoms. The second-order valence-electron chi connectivity index (χ2n) is 4.74. The predicted molar refractivity (Wildman–Crippen MR) is 70.3 cm³/mol. The van der Waals surface area contributed by atoms with Gasteiger partial charge >= 0.3 is 5.97 Å². The van der Waals surface area contributed by atoms with E-state index in [1.807, 2.05) is 0 Å². The van der Waals surface area contributed by atoms with E-state index in [4.69, 9.17) is 9.47 Å². The van der Waals surface area contributed by atoms with Crippen molar-refractivity contribution in [3.63, 3.8) is 0 Å². The second kappa shape index (κ2) is 6.36. The van der Waals surface area contributed by atoms with Crippen LogP contribution in [0.1, 0.15) is 43.0 Å². The van der Waals surface area contributed by atoms with Crippen molar-refractivity contribution in [2.75, 3.05) is 6.61 Å². The lowest BCUT2D eigenvalue weighted by atomic mass is 10.1. The molecule has 0 atom stereocenters. The molecule has 1 aliphatic carbocycles. The summed E-state index contributed by atoms with van der Waals surface area (Å²) in [4.78, 5) is 23.0. The Morgan fingerprint density at radius 1 is 1.21 bits per heavy atom. The van der Waals surface area contributed by atoms with Crippen LogP contribution < -0.4 is 4.74 Å². The Bertz CT molecular complexity index is 461. The van der Waals surface area contributed by atoms with E-state index in [1.54, 1.807) is 24.3 Å². The molecule has 1 aliphatic rings. The van der Waals surface area contributed by atoms with Gasteiger partial charge in [-0.2, -0.15) is 0 Å².